The minimum atomic E-state index is 0.505. The third kappa shape index (κ3) is 3.51. The SMILES string of the molecule is CCc1nnc(Nc2cnn(CCOC)c2)nc1CC. The van der Waals surface area contributed by atoms with E-state index in [-0.39, 0.29) is 0 Å². The Morgan fingerprint density at radius 1 is 1.20 bits per heavy atom. The van der Waals surface area contributed by atoms with Crippen molar-refractivity contribution in [2.45, 2.75) is 33.2 Å². The van der Waals surface area contributed by atoms with Crippen molar-refractivity contribution < 1.29 is 4.74 Å². The standard InChI is InChI=1S/C13H20N6O/c1-4-11-12(5-2)17-18-13(16-11)15-10-8-14-19(9-10)6-7-20-3/h8-9H,4-7H2,1-3H3,(H,15,16,18). The van der Waals surface area contributed by atoms with Crippen molar-refractivity contribution in [3.8, 4) is 0 Å². The molecule has 0 fully saturated rings. The number of hydrogen-bond acceptors (Lipinski definition) is 6. The number of nitrogens with zero attached hydrogens (tertiary/aromatic N) is 5. The third-order valence-electron chi connectivity index (χ3n) is 2.92. The number of nitrogens with one attached hydrogen (secondary N) is 1. The molecule has 2 rings (SSSR count). The maximum atomic E-state index is 5.01. The molecule has 7 nitrogen and oxygen atoms in total. The van der Waals surface area contributed by atoms with E-state index in [4.69, 9.17) is 4.74 Å². The summed E-state index contributed by atoms with van der Waals surface area (Å²) in [5.41, 5.74) is 2.78. The highest BCUT2D eigenvalue weighted by molar-refractivity contribution is 5.50. The summed E-state index contributed by atoms with van der Waals surface area (Å²) in [6, 6.07) is 0. The Morgan fingerprint density at radius 2 is 2.00 bits per heavy atom. The molecule has 0 saturated carbocycles. The molecule has 0 aliphatic carbocycles. The van der Waals surface area contributed by atoms with Gasteiger partial charge in [-0.3, -0.25) is 4.68 Å². The number of aryl methyl sites for hydroxylation is 2. The van der Waals surface area contributed by atoms with Crippen LogP contribution in [0.25, 0.3) is 0 Å². The normalized spacial score (nSPS) is 10.8. The fourth-order valence-electron chi connectivity index (χ4n) is 1.86. The highest BCUT2D eigenvalue weighted by Gasteiger charge is 2.07. The second-order valence-corrected chi connectivity index (χ2v) is 4.35. The minimum Gasteiger partial charge on any atom is -0.383 e. The number of aromatic nitrogens is 5. The Balaban J connectivity index is 2.07. The summed E-state index contributed by atoms with van der Waals surface area (Å²) < 4.78 is 6.82. The molecule has 0 aliphatic rings. The maximum Gasteiger partial charge on any atom is 0.247 e. The van der Waals surface area contributed by atoms with Gasteiger partial charge in [0.25, 0.3) is 0 Å². The molecule has 2 aromatic heterocycles. The lowest BCUT2D eigenvalue weighted by molar-refractivity contribution is 0.183. The zero-order valence-electron chi connectivity index (χ0n) is 12.1. The number of hydrogen-bond donors (Lipinski definition) is 1. The van der Waals surface area contributed by atoms with Crippen LogP contribution in [0.1, 0.15) is 25.2 Å². The molecule has 0 amide bonds. The lowest BCUT2D eigenvalue weighted by Gasteiger charge is -2.06. The molecule has 0 aromatic carbocycles. The quantitative estimate of drug-likeness (QED) is 0.827. The molecule has 1 N–H and O–H groups in total. The van der Waals surface area contributed by atoms with E-state index in [0.29, 0.717) is 19.1 Å². The van der Waals surface area contributed by atoms with Gasteiger partial charge in [-0.15, -0.1) is 10.2 Å². The predicted octanol–water partition coefficient (Wildman–Crippen LogP) is 1.58. The van der Waals surface area contributed by atoms with Gasteiger partial charge in [0.15, 0.2) is 0 Å². The smallest absolute Gasteiger partial charge is 0.247 e. The molecule has 108 valence electrons. The molecular formula is C13H20N6O. The molecule has 0 atom stereocenters. The molecule has 7 heteroatoms. The van der Waals surface area contributed by atoms with Crippen molar-refractivity contribution in [2.24, 2.45) is 0 Å². The van der Waals surface area contributed by atoms with Crippen molar-refractivity contribution in [1.82, 2.24) is 25.0 Å². The number of methoxy groups -OCH3 is 1. The predicted molar refractivity (Wildman–Crippen MR) is 76.0 cm³/mol. The molecule has 0 radical (unpaired) electrons. The van der Waals surface area contributed by atoms with E-state index < -0.39 is 0 Å². The maximum absolute atomic E-state index is 5.01. The van der Waals surface area contributed by atoms with Crippen molar-refractivity contribution in [3.63, 3.8) is 0 Å². The average molecular weight is 276 g/mol. The number of rotatable bonds is 7. The summed E-state index contributed by atoms with van der Waals surface area (Å²) in [4.78, 5) is 4.48. The first kappa shape index (κ1) is 14.4. The number of ether oxygens (including phenoxy) is 1. The molecule has 2 heterocycles. The lowest BCUT2D eigenvalue weighted by Crippen LogP contribution is -2.06. The zero-order valence-corrected chi connectivity index (χ0v) is 12.1. The van der Waals surface area contributed by atoms with Crippen LogP contribution in [0.15, 0.2) is 12.4 Å². The Bertz CT molecular complexity index is 554. The number of anilines is 2. The van der Waals surface area contributed by atoms with Gasteiger partial charge < -0.3 is 10.1 Å². The molecule has 0 saturated heterocycles. The van der Waals surface area contributed by atoms with E-state index in [0.717, 1.165) is 29.9 Å². The van der Waals surface area contributed by atoms with Crippen LogP contribution in [-0.4, -0.2) is 38.7 Å². The second-order valence-electron chi connectivity index (χ2n) is 4.35. The van der Waals surface area contributed by atoms with Gasteiger partial charge >= 0.3 is 0 Å². The first-order valence-corrected chi connectivity index (χ1v) is 6.77. The van der Waals surface area contributed by atoms with Crippen LogP contribution in [-0.2, 0) is 24.1 Å². The minimum absolute atomic E-state index is 0.505. The van der Waals surface area contributed by atoms with Gasteiger partial charge in [0.1, 0.15) is 0 Å². The fourth-order valence-corrected chi connectivity index (χ4v) is 1.86. The summed E-state index contributed by atoms with van der Waals surface area (Å²) in [5, 5.41) is 15.6. The van der Waals surface area contributed by atoms with Crippen LogP contribution in [0.2, 0.25) is 0 Å². The first-order valence-electron chi connectivity index (χ1n) is 6.77. The Labute approximate surface area is 118 Å². The van der Waals surface area contributed by atoms with Crippen molar-refractivity contribution in [3.05, 3.63) is 23.8 Å². The van der Waals surface area contributed by atoms with Gasteiger partial charge in [-0.25, -0.2) is 4.98 Å². The Kier molecular flexibility index (Phi) is 5.00. The second kappa shape index (κ2) is 6.95. The van der Waals surface area contributed by atoms with E-state index in [2.05, 4.69) is 39.4 Å². The van der Waals surface area contributed by atoms with Crippen molar-refractivity contribution in [2.75, 3.05) is 19.0 Å². The summed E-state index contributed by atoms with van der Waals surface area (Å²) in [5.74, 6) is 0.505. The molecule has 0 unspecified atom stereocenters. The largest absolute Gasteiger partial charge is 0.383 e. The van der Waals surface area contributed by atoms with Crippen molar-refractivity contribution in [1.29, 1.82) is 0 Å². The molecule has 0 aliphatic heterocycles. The fraction of sp³-hybridized carbons (Fsp3) is 0.538. The monoisotopic (exact) mass is 276 g/mol. The topological polar surface area (TPSA) is 77.8 Å². The van der Waals surface area contributed by atoms with Gasteiger partial charge in [0.2, 0.25) is 5.95 Å². The van der Waals surface area contributed by atoms with Crippen LogP contribution >= 0.6 is 0 Å². The summed E-state index contributed by atoms with van der Waals surface area (Å²) in [6.45, 7) is 5.46. The van der Waals surface area contributed by atoms with E-state index >= 15 is 0 Å². The van der Waals surface area contributed by atoms with Crippen LogP contribution in [0, 0.1) is 0 Å². The first-order chi connectivity index (χ1) is 9.76. The van der Waals surface area contributed by atoms with E-state index in [1.807, 2.05) is 6.20 Å². The van der Waals surface area contributed by atoms with E-state index in [1.165, 1.54) is 0 Å². The molecule has 0 bridgehead atoms. The highest BCUT2D eigenvalue weighted by atomic mass is 16.5. The van der Waals surface area contributed by atoms with Gasteiger partial charge in [0, 0.05) is 13.3 Å². The Hall–Kier alpha value is -2.02. The van der Waals surface area contributed by atoms with Gasteiger partial charge in [-0.05, 0) is 12.8 Å². The summed E-state index contributed by atoms with van der Waals surface area (Å²) in [7, 11) is 1.67. The zero-order chi connectivity index (χ0) is 14.4. The molecule has 0 spiro atoms. The van der Waals surface area contributed by atoms with Crippen LogP contribution in [0.3, 0.4) is 0 Å². The van der Waals surface area contributed by atoms with Gasteiger partial charge in [0.05, 0.1) is 36.4 Å². The van der Waals surface area contributed by atoms with E-state index in [1.54, 1.807) is 18.0 Å². The molecule has 20 heavy (non-hydrogen) atoms. The molecular weight excluding hydrogens is 256 g/mol. The third-order valence-corrected chi connectivity index (χ3v) is 2.92. The Morgan fingerprint density at radius 3 is 2.70 bits per heavy atom. The summed E-state index contributed by atoms with van der Waals surface area (Å²) in [6.07, 6.45) is 5.32. The van der Waals surface area contributed by atoms with Crippen LogP contribution < -0.4 is 5.32 Å². The van der Waals surface area contributed by atoms with Gasteiger partial charge in [-0.1, -0.05) is 13.8 Å². The summed E-state index contributed by atoms with van der Waals surface area (Å²) >= 11 is 0. The molecule has 2 aromatic rings. The van der Waals surface area contributed by atoms with Crippen LogP contribution in [0.4, 0.5) is 11.6 Å². The lowest BCUT2D eigenvalue weighted by atomic mass is 10.2. The van der Waals surface area contributed by atoms with E-state index in [9.17, 15) is 0 Å². The van der Waals surface area contributed by atoms with Crippen molar-refractivity contribution >= 4 is 11.6 Å². The van der Waals surface area contributed by atoms with Gasteiger partial charge in [-0.2, -0.15) is 5.10 Å². The highest BCUT2D eigenvalue weighted by Crippen LogP contribution is 2.13. The average Bonchev–Trinajstić information content (AvgIpc) is 2.92. The van der Waals surface area contributed by atoms with Crippen LogP contribution in [0.5, 0.6) is 0 Å².